The maximum atomic E-state index is 12.7. The Kier molecular flexibility index (Phi) is 4.69. The quantitative estimate of drug-likeness (QED) is 0.846. The highest BCUT2D eigenvalue weighted by Crippen LogP contribution is 2.39. The normalized spacial score (nSPS) is 11.6. The number of carboxylic acids is 1. The zero-order valence-electron chi connectivity index (χ0n) is 9.87. The van der Waals surface area contributed by atoms with Crippen molar-refractivity contribution in [2.75, 3.05) is 7.11 Å². The first-order chi connectivity index (χ1) is 9.15. The number of ether oxygens (including phenoxy) is 2. The number of halogens is 5. The summed E-state index contributed by atoms with van der Waals surface area (Å²) in [5.74, 6) is -3.39. The van der Waals surface area contributed by atoms with E-state index in [0.717, 1.165) is 7.11 Å². The summed E-state index contributed by atoms with van der Waals surface area (Å²) in [4.78, 5) is 14.0. The van der Waals surface area contributed by atoms with E-state index in [1.807, 2.05) is 0 Å². The van der Waals surface area contributed by atoms with Gasteiger partial charge in [0, 0.05) is 6.20 Å². The number of rotatable bonds is 5. The molecule has 1 heterocycles. The first kappa shape index (κ1) is 15.9. The van der Waals surface area contributed by atoms with Crippen LogP contribution in [0.4, 0.5) is 22.0 Å². The van der Waals surface area contributed by atoms with Gasteiger partial charge in [-0.1, -0.05) is 0 Å². The SMILES string of the molecule is COc1ncc(C(F)F)c(OC(F)(F)F)c1CC(=O)O. The van der Waals surface area contributed by atoms with Gasteiger partial charge in [-0.15, -0.1) is 13.2 Å². The zero-order chi connectivity index (χ0) is 15.5. The summed E-state index contributed by atoms with van der Waals surface area (Å²) in [6, 6.07) is 0. The maximum absolute atomic E-state index is 12.7. The molecule has 0 atom stereocenters. The highest BCUT2D eigenvalue weighted by molar-refractivity contribution is 5.73. The van der Waals surface area contributed by atoms with E-state index in [1.54, 1.807) is 0 Å². The second-order valence-electron chi connectivity index (χ2n) is 3.45. The molecule has 112 valence electrons. The average molecular weight is 301 g/mol. The van der Waals surface area contributed by atoms with Crippen molar-refractivity contribution < 1.29 is 41.3 Å². The van der Waals surface area contributed by atoms with Gasteiger partial charge >= 0.3 is 12.3 Å². The number of nitrogens with zero attached hydrogens (tertiary/aromatic N) is 1. The van der Waals surface area contributed by atoms with Crippen LogP contribution in [-0.4, -0.2) is 29.5 Å². The van der Waals surface area contributed by atoms with Crippen LogP contribution in [0.25, 0.3) is 0 Å². The lowest BCUT2D eigenvalue weighted by molar-refractivity contribution is -0.275. The third kappa shape index (κ3) is 3.93. The molecule has 0 spiro atoms. The number of hydrogen-bond donors (Lipinski definition) is 1. The number of methoxy groups -OCH3 is 1. The monoisotopic (exact) mass is 301 g/mol. The minimum absolute atomic E-state index is 0.440. The summed E-state index contributed by atoms with van der Waals surface area (Å²) in [6.45, 7) is 0. The largest absolute Gasteiger partial charge is 0.573 e. The number of carbonyl (C=O) groups is 1. The van der Waals surface area contributed by atoms with Crippen LogP contribution >= 0.6 is 0 Å². The van der Waals surface area contributed by atoms with Crippen molar-refractivity contribution in [3.63, 3.8) is 0 Å². The summed E-state index contributed by atoms with van der Waals surface area (Å²) in [5.41, 5.74) is -1.88. The van der Waals surface area contributed by atoms with E-state index in [0.29, 0.717) is 6.20 Å². The predicted molar refractivity (Wildman–Crippen MR) is 53.8 cm³/mol. The topological polar surface area (TPSA) is 68.7 Å². The van der Waals surface area contributed by atoms with Crippen LogP contribution < -0.4 is 9.47 Å². The minimum atomic E-state index is -5.26. The Balaban J connectivity index is 3.47. The fourth-order valence-electron chi connectivity index (χ4n) is 1.41. The van der Waals surface area contributed by atoms with Crippen LogP contribution in [-0.2, 0) is 11.2 Å². The molecule has 0 aromatic carbocycles. The maximum Gasteiger partial charge on any atom is 0.573 e. The molecule has 1 aromatic rings. The third-order valence-corrected chi connectivity index (χ3v) is 2.09. The van der Waals surface area contributed by atoms with E-state index in [4.69, 9.17) is 5.11 Å². The van der Waals surface area contributed by atoms with Crippen LogP contribution in [0.1, 0.15) is 17.6 Å². The van der Waals surface area contributed by atoms with Gasteiger partial charge in [-0.3, -0.25) is 4.79 Å². The Morgan fingerprint density at radius 2 is 2.05 bits per heavy atom. The van der Waals surface area contributed by atoms with E-state index in [2.05, 4.69) is 14.5 Å². The van der Waals surface area contributed by atoms with Gasteiger partial charge in [0.05, 0.1) is 24.7 Å². The number of aliphatic carboxylic acids is 1. The van der Waals surface area contributed by atoms with Crippen molar-refractivity contribution in [3.05, 3.63) is 17.3 Å². The lowest BCUT2D eigenvalue weighted by Crippen LogP contribution is -2.20. The molecular weight excluding hydrogens is 293 g/mol. The molecule has 0 aliphatic heterocycles. The van der Waals surface area contributed by atoms with Crippen LogP contribution in [0.3, 0.4) is 0 Å². The fourth-order valence-corrected chi connectivity index (χ4v) is 1.41. The average Bonchev–Trinajstić information content (AvgIpc) is 2.28. The van der Waals surface area contributed by atoms with Gasteiger partial charge in [-0.05, 0) is 0 Å². The van der Waals surface area contributed by atoms with Crippen molar-refractivity contribution in [1.29, 1.82) is 0 Å². The Morgan fingerprint density at radius 3 is 2.45 bits per heavy atom. The van der Waals surface area contributed by atoms with Gasteiger partial charge in [0.2, 0.25) is 5.88 Å². The lowest BCUT2D eigenvalue weighted by atomic mass is 10.1. The van der Waals surface area contributed by atoms with E-state index < -0.39 is 47.9 Å². The molecule has 20 heavy (non-hydrogen) atoms. The van der Waals surface area contributed by atoms with Crippen LogP contribution in [0.5, 0.6) is 11.6 Å². The smallest absolute Gasteiger partial charge is 0.481 e. The molecule has 1 aromatic heterocycles. The molecule has 0 bridgehead atoms. The van der Waals surface area contributed by atoms with Crippen molar-refractivity contribution in [2.45, 2.75) is 19.2 Å². The molecule has 10 heteroatoms. The second kappa shape index (κ2) is 5.88. The van der Waals surface area contributed by atoms with Gasteiger partial charge in [-0.25, -0.2) is 13.8 Å². The fraction of sp³-hybridized carbons (Fsp3) is 0.400. The molecule has 1 rings (SSSR count). The summed E-state index contributed by atoms with van der Waals surface area (Å²) < 4.78 is 70.2. The standard InChI is InChI=1S/C10H8F5NO4/c1-19-9-4(2-6(17)18)7(20-10(13,14)15)5(3-16-9)8(11)12/h3,8H,2H2,1H3,(H,17,18). The molecule has 5 nitrogen and oxygen atoms in total. The molecule has 0 fully saturated rings. The van der Waals surface area contributed by atoms with Crippen LogP contribution in [0.2, 0.25) is 0 Å². The van der Waals surface area contributed by atoms with E-state index >= 15 is 0 Å². The molecule has 0 radical (unpaired) electrons. The predicted octanol–water partition coefficient (Wildman–Crippen LogP) is 2.55. The Hall–Kier alpha value is -2.13. The van der Waals surface area contributed by atoms with Crippen molar-refractivity contribution in [2.24, 2.45) is 0 Å². The summed E-state index contributed by atoms with van der Waals surface area (Å²) in [6.07, 6.45) is -9.15. The summed E-state index contributed by atoms with van der Waals surface area (Å²) in [7, 11) is 1.01. The number of alkyl halides is 5. The van der Waals surface area contributed by atoms with E-state index in [9.17, 15) is 26.7 Å². The van der Waals surface area contributed by atoms with Gasteiger partial charge < -0.3 is 14.6 Å². The molecular formula is C10H8F5NO4. The zero-order valence-corrected chi connectivity index (χ0v) is 9.87. The van der Waals surface area contributed by atoms with Gasteiger partial charge in [-0.2, -0.15) is 0 Å². The lowest BCUT2D eigenvalue weighted by Gasteiger charge is -2.17. The van der Waals surface area contributed by atoms with Crippen molar-refractivity contribution in [1.82, 2.24) is 4.98 Å². The Bertz CT molecular complexity index is 503. The molecule has 0 aliphatic rings. The van der Waals surface area contributed by atoms with Crippen molar-refractivity contribution >= 4 is 5.97 Å². The number of aromatic nitrogens is 1. The number of pyridine rings is 1. The molecule has 1 N–H and O–H groups in total. The van der Waals surface area contributed by atoms with Gasteiger partial charge in [0.15, 0.2) is 0 Å². The second-order valence-corrected chi connectivity index (χ2v) is 3.45. The molecule has 0 saturated heterocycles. The summed E-state index contributed by atoms with van der Waals surface area (Å²) >= 11 is 0. The first-order valence-corrected chi connectivity index (χ1v) is 4.97. The molecule has 0 aliphatic carbocycles. The van der Waals surface area contributed by atoms with Gasteiger partial charge in [0.1, 0.15) is 5.75 Å². The van der Waals surface area contributed by atoms with Crippen LogP contribution in [0, 0.1) is 0 Å². The van der Waals surface area contributed by atoms with Crippen molar-refractivity contribution in [3.8, 4) is 11.6 Å². The summed E-state index contributed by atoms with van der Waals surface area (Å²) in [5, 5.41) is 8.63. The molecule has 0 saturated carbocycles. The Labute approximate surface area is 108 Å². The first-order valence-electron chi connectivity index (χ1n) is 4.97. The van der Waals surface area contributed by atoms with E-state index in [1.165, 1.54) is 0 Å². The number of carboxylic acid groups (broad SMARTS) is 1. The Morgan fingerprint density at radius 1 is 1.45 bits per heavy atom. The minimum Gasteiger partial charge on any atom is -0.481 e. The third-order valence-electron chi connectivity index (χ3n) is 2.09. The van der Waals surface area contributed by atoms with Crippen LogP contribution in [0.15, 0.2) is 6.20 Å². The molecule has 0 amide bonds. The molecule has 0 unspecified atom stereocenters. The van der Waals surface area contributed by atoms with Gasteiger partial charge in [0.25, 0.3) is 6.43 Å². The van der Waals surface area contributed by atoms with E-state index in [-0.39, 0.29) is 0 Å². The highest BCUT2D eigenvalue weighted by atomic mass is 19.4. The highest BCUT2D eigenvalue weighted by Gasteiger charge is 2.36. The number of hydrogen-bond acceptors (Lipinski definition) is 4.